The normalized spacial score (nSPS) is 15.1. The summed E-state index contributed by atoms with van der Waals surface area (Å²) in [4.78, 5) is 16.6. The molecule has 1 saturated heterocycles. The second-order valence-electron chi connectivity index (χ2n) is 7.30. The van der Waals surface area contributed by atoms with Gasteiger partial charge >= 0.3 is 6.18 Å². The summed E-state index contributed by atoms with van der Waals surface area (Å²) in [5.74, 6) is -0.714. The van der Waals surface area contributed by atoms with Crippen LogP contribution in [-0.4, -0.2) is 69.0 Å². The molecule has 3 heterocycles. The number of hydrogen-bond donors (Lipinski definition) is 0. The molecule has 0 unspecified atom stereocenters. The van der Waals surface area contributed by atoms with E-state index in [-0.39, 0.29) is 11.7 Å². The smallest absolute Gasteiger partial charge is 0.434 e. The van der Waals surface area contributed by atoms with Crippen LogP contribution >= 0.6 is 0 Å². The molecule has 3 aromatic rings. The summed E-state index contributed by atoms with van der Waals surface area (Å²) in [6.45, 7) is 2.53. The van der Waals surface area contributed by atoms with Crippen molar-refractivity contribution in [2.24, 2.45) is 0 Å². The number of piperazine rings is 1. The summed E-state index contributed by atoms with van der Waals surface area (Å²) >= 11 is 0. The van der Waals surface area contributed by atoms with Gasteiger partial charge in [0.25, 0.3) is 5.91 Å². The third kappa shape index (κ3) is 4.57. The Bertz CT molecular complexity index is 1060. The summed E-state index contributed by atoms with van der Waals surface area (Å²) in [5.41, 5.74) is -0.533. The van der Waals surface area contributed by atoms with E-state index >= 15 is 0 Å². The lowest BCUT2D eigenvalue weighted by Gasteiger charge is -2.34. The number of carbonyl (C=O) groups excluding carboxylic acids is 1. The minimum atomic E-state index is -4.81. The number of ether oxygens (including phenoxy) is 1. The quantitative estimate of drug-likeness (QED) is 0.600. The maximum atomic E-state index is 13.9. The Morgan fingerprint density at radius 2 is 1.75 bits per heavy atom. The summed E-state index contributed by atoms with van der Waals surface area (Å²) in [7, 11) is 1.37. The number of benzene rings is 1. The minimum Gasteiger partial charge on any atom is -0.480 e. The highest BCUT2D eigenvalue weighted by Crippen LogP contribution is 2.34. The topological polar surface area (TPSA) is 76.4 Å². The lowest BCUT2D eigenvalue weighted by Crippen LogP contribution is -2.48. The van der Waals surface area contributed by atoms with E-state index in [4.69, 9.17) is 4.74 Å². The number of rotatable bonds is 5. The Morgan fingerprint density at radius 3 is 2.34 bits per heavy atom. The molecule has 2 aromatic heterocycles. The van der Waals surface area contributed by atoms with Gasteiger partial charge in [0, 0.05) is 38.8 Å². The molecule has 1 aliphatic rings. The molecule has 1 aromatic carbocycles. The molecule has 168 valence electrons. The molecule has 0 aliphatic carbocycles. The number of nitrogens with zero attached hydrogens (tertiary/aromatic N) is 6. The predicted octanol–water partition coefficient (Wildman–Crippen LogP) is 2.65. The van der Waals surface area contributed by atoms with Crippen LogP contribution < -0.4 is 4.74 Å². The molecule has 11 heteroatoms. The molecule has 0 atom stereocenters. The Balaban J connectivity index is 1.52. The zero-order valence-corrected chi connectivity index (χ0v) is 17.3. The van der Waals surface area contributed by atoms with Gasteiger partial charge in [0.1, 0.15) is 0 Å². The van der Waals surface area contributed by atoms with Crippen molar-refractivity contribution in [3.05, 3.63) is 65.5 Å². The van der Waals surface area contributed by atoms with E-state index in [9.17, 15) is 18.0 Å². The van der Waals surface area contributed by atoms with Crippen LogP contribution in [0.4, 0.5) is 13.2 Å². The number of carbonyl (C=O) groups is 1. The first-order valence-corrected chi connectivity index (χ1v) is 9.95. The molecular formula is C21H21F3N6O2. The lowest BCUT2D eigenvalue weighted by atomic mass is 10.1. The van der Waals surface area contributed by atoms with E-state index in [0.717, 1.165) is 18.3 Å². The molecule has 0 bridgehead atoms. The maximum Gasteiger partial charge on any atom is 0.434 e. The standard InChI is InChI=1S/C21H21F3N6O2/c1-32-18-8-7-17(26-27-18)30-19(21(22,23)24)16(13-25-30)20(31)29-11-9-28(10-12-29)14-15-5-3-2-4-6-15/h2-8,13H,9-12,14H2,1H3. The van der Waals surface area contributed by atoms with E-state index in [2.05, 4.69) is 20.2 Å². The molecule has 1 fully saturated rings. The first kappa shape index (κ1) is 21.8. The van der Waals surface area contributed by atoms with Crippen LogP contribution in [0.2, 0.25) is 0 Å². The molecular weight excluding hydrogens is 425 g/mol. The van der Waals surface area contributed by atoms with Crippen LogP contribution in [0.25, 0.3) is 5.82 Å². The molecule has 4 rings (SSSR count). The largest absolute Gasteiger partial charge is 0.480 e. The molecule has 0 saturated carbocycles. The van der Waals surface area contributed by atoms with E-state index in [1.807, 2.05) is 30.3 Å². The van der Waals surface area contributed by atoms with Gasteiger partial charge in [0.2, 0.25) is 5.88 Å². The van der Waals surface area contributed by atoms with Crippen LogP contribution in [0.15, 0.2) is 48.7 Å². The van der Waals surface area contributed by atoms with E-state index < -0.39 is 23.3 Å². The van der Waals surface area contributed by atoms with Crippen LogP contribution in [0.1, 0.15) is 21.6 Å². The van der Waals surface area contributed by atoms with Crippen molar-refractivity contribution in [2.45, 2.75) is 12.7 Å². The third-order valence-electron chi connectivity index (χ3n) is 5.23. The molecule has 0 radical (unpaired) electrons. The van der Waals surface area contributed by atoms with Gasteiger partial charge in [-0.3, -0.25) is 9.69 Å². The van der Waals surface area contributed by atoms with E-state index in [1.165, 1.54) is 24.1 Å². The monoisotopic (exact) mass is 446 g/mol. The zero-order chi connectivity index (χ0) is 22.7. The maximum absolute atomic E-state index is 13.9. The number of hydrogen-bond acceptors (Lipinski definition) is 6. The van der Waals surface area contributed by atoms with Crippen LogP contribution in [0, 0.1) is 0 Å². The molecule has 1 aliphatic heterocycles. The average molecular weight is 446 g/mol. The van der Waals surface area contributed by atoms with Crippen LogP contribution in [0.3, 0.4) is 0 Å². The highest BCUT2D eigenvalue weighted by Gasteiger charge is 2.42. The van der Waals surface area contributed by atoms with Gasteiger partial charge < -0.3 is 9.64 Å². The summed E-state index contributed by atoms with van der Waals surface area (Å²) in [6, 6.07) is 12.6. The number of halogens is 3. The van der Waals surface area contributed by atoms with Crippen molar-refractivity contribution in [1.29, 1.82) is 0 Å². The fraction of sp³-hybridized carbons (Fsp3) is 0.333. The fourth-order valence-corrected chi connectivity index (χ4v) is 3.61. The Hall–Kier alpha value is -3.47. The molecule has 1 amide bonds. The van der Waals surface area contributed by atoms with Gasteiger partial charge in [0.05, 0.1) is 18.9 Å². The first-order valence-electron chi connectivity index (χ1n) is 9.95. The second-order valence-corrected chi connectivity index (χ2v) is 7.30. The second kappa shape index (κ2) is 8.95. The highest BCUT2D eigenvalue weighted by atomic mass is 19.4. The number of methoxy groups -OCH3 is 1. The van der Waals surface area contributed by atoms with Crippen molar-refractivity contribution in [2.75, 3.05) is 33.3 Å². The van der Waals surface area contributed by atoms with Crippen molar-refractivity contribution < 1.29 is 22.7 Å². The number of alkyl halides is 3. The van der Waals surface area contributed by atoms with E-state index in [0.29, 0.717) is 30.9 Å². The third-order valence-corrected chi connectivity index (χ3v) is 5.23. The van der Waals surface area contributed by atoms with E-state index in [1.54, 1.807) is 0 Å². The summed E-state index contributed by atoms with van der Waals surface area (Å²) in [6.07, 6.45) is -3.87. The first-order chi connectivity index (χ1) is 15.4. The molecule has 0 spiro atoms. The lowest BCUT2D eigenvalue weighted by molar-refractivity contribution is -0.143. The SMILES string of the molecule is COc1ccc(-n2ncc(C(=O)N3CCN(Cc4ccccc4)CC3)c2C(F)(F)F)nn1. The Morgan fingerprint density at radius 1 is 1.03 bits per heavy atom. The Labute approximate surface area is 182 Å². The molecule has 0 N–H and O–H groups in total. The van der Waals surface area contributed by atoms with Crippen molar-refractivity contribution in [1.82, 2.24) is 29.8 Å². The molecule has 32 heavy (non-hydrogen) atoms. The van der Waals surface area contributed by atoms with Gasteiger partial charge in [-0.05, 0) is 11.6 Å². The van der Waals surface area contributed by atoms with Gasteiger partial charge in [-0.1, -0.05) is 30.3 Å². The zero-order valence-electron chi connectivity index (χ0n) is 17.3. The van der Waals surface area contributed by atoms with Crippen molar-refractivity contribution in [3.8, 4) is 11.7 Å². The van der Waals surface area contributed by atoms with Crippen LogP contribution in [0.5, 0.6) is 5.88 Å². The molecule has 8 nitrogen and oxygen atoms in total. The number of amides is 1. The minimum absolute atomic E-state index is 0.152. The van der Waals surface area contributed by atoms with Gasteiger partial charge in [-0.15, -0.1) is 10.2 Å². The van der Waals surface area contributed by atoms with Crippen molar-refractivity contribution in [3.63, 3.8) is 0 Å². The van der Waals surface area contributed by atoms with Gasteiger partial charge in [0.15, 0.2) is 11.5 Å². The number of aromatic nitrogens is 4. The van der Waals surface area contributed by atoms with Crippen LogP contribution in [-0.2, 0) is 12.7 Å². The predicted molar refractivity (Wildman–Crippen MR) is 108 cm³/mol. The fourth-order valence-electron chi connectivity index (χ4n) is 3.61. The summed E-state index contributed by atoms with van der Waals surface area (Å²) < 4.78 is 47.1. The summed E-state index contributed by atoms with van der Waals surface area (Å²) in [5, 5.41) is 11.2. The van der Waals surface area contributed by atoms with Gasteiger partial charge in [-0.25, -0.2) is 4.68 Å². The van der Waals surface area contributed by atoms with Crippen molar-refractivity contribution >= 4 is 5.91 Å². The Kier molecular flexibility index (Phi) is 6.08. The highest BCUT2D eigenvalue weighted by molar-refractivity contribution is 5.95. The van der Waals surface area contributed by atoms with Gasteiger partial charge in [-0.2, -0.15) is 18.3 Å². The average Bonchev–Trinajstić information content (AvgIpc) is 3.26.